The first-order valence-electron chi connectivity index (χ1n) is 9.59. The van der Waals surface area contributed by atoms with Gasteiger partial charge in [0.05, 0.1) is 19.1 Å². The van der Waals surface area contributed by atoms with E-state index in [-0.39, 0.29) is 36.9 Å². The fraction of sp³-hybridized carbons (Fsp3) is 0.600. The number of benzene rings is 1. The van der Waals surface area contributed by atoms with Gasteiger partial charge in [0.1, 0.15) is 13.2 Å². The molecule has 7 nitrogen and oxygen atoms in total. The molecule has 148 valence electrons. The molecule has 2 aliphatic rings. The van der Waals surface area contributed by atoms with E-state index in [1.807, 2.05) is 18.2 Å². The topological polar surface area (TPSA) is 79.9 Å². The zero-order valence-electron chi connectivity index (χ0n) is 16.3. The smallest absolute Gasteiger partial charge is 0.234 e. The summed E-state index contributed by atoms with van der Waals surface area (Å²) in [6.07, 6.45) is 2.11. The summed E-state index contributed by atoms with van der Waals surface area (Å²) in [4.78, 5) is 26.1. The zero-order chi connectivity index (χ0) is 19.4. The van der Waals surface area contributed by atoms with Gasteiger partial charge in [0, 0.05) is 6.04 Å². The van der Waals surface area contributed by atoms with Gasteiger partial charge in [-0.2, -0.15) is 0 Å². The van der Waals surface area contributed by atoms with E-state index in [4.69, 9.17) is 9.47 Å². The van der Waals surface area contributed by atoms with Gasteiger partial charge in [-0.25, -0.2) is 0 Å². The van der Waals surface area contributed by atoms with Crippen molar-refractivity contribution >= 4 is 11.8 Å². The summed E-state index contributed by atoms with van der Waals surface area (Å²) in [6, 6.07) is 5.99. The fourth-order valence-corrected chi connectivity index (χ4v) is 3.15. The standard InChI is InChI=1S/C20H29N3O4/c1-13(2)20(14-4-7-16-17(10-14)27-9-8-26-16)22-19(25)12-23(3)11-18(24)21-15-5-6-15/h4,7,10,13,15,20H,5-6,8-9,11-12H2,1-3H3,(H,21,24)(H,22,25)/t20-/m1/s1. The summed E-state index contributed by atoms with van der Waals surface area (Å²) in [5.74, 6) is 1.53. The predicted octanol–water partition coefficient (Wildman–Crippen LogP) is 1.48. The van der Waals surface area contributed by atoms with E-state index in [1.165, 1.54) is 0 Å². The SMILES string of the molecule is CC(C)[C@@H](NC(=O)CN(C)CC(=O)NC1CC1)c1ccc2c(c1)OCCO2. The van der Waals surface area contributed by atoms with Crippen LogP contribution in [0.3, 0.4) is 0 Å². The molecule has 0 bridgehead atoms. The summed E-state index contributed by atoms with van der Waals surface area (Å²) in [5, 5.41) is 6.02. The van der Waals surface area contributed by atoms with Gasteiger partial charge in [0.15, 0.2) is 11.5 Å². The molecule has 1 atom stereocenters. The van der Waals surface area contributed by atoms with Crippen LogP contribution in [0, 0.1) is 5.92 Å². The second-order valence-corrected chi connectivity index (χ2v) is 7.71. The number of amides is 2. The number of hydrogen-bond donors (Lipinski definition) is 2. The number of nitrogens with zero attached hydrogens (tertiary/aromatic N) is 1. The molecule has 1 fully saturated rings. The maximum absolute atomic E-state index is 12.5. The third-order valence-corrected chi connectivity index (χ3v) is 4.68. The minimum Gasteiger partial charge on any atom is -0.486 e. The Balaban J connectivity index is 1.56. The summed E-state index contributed by atoms with van der Waals surface area (Å²) in [5.41, 5.74) is 0.983. The van der Waals surface area contributed by atoms with Crippen molar-refractivity contribution in [2.75, 3.05) is 33.4 Å². The zero-order valence-corrected chi connectivity index (χ0v) is 16.3. The highest BCUT2D eigenvalue weighted by atomic mass is 16.6. The van der Waals surface area contributed by atoms with Crippen LogP contribution in [-0.2, 0) is 9.59 Å². The molecular formula is C20H29N3O4. The highest BCUT2D eigenvalue weighted by Gasteiger charge is 2.25. The van der Waals surface area contributed by atoms with Crippen LogP contribution in [0.5, 0.6) is 11.5 Å². The van der Waals surface area contributed by atoms with Crippen LogP contribution in [0.4, 0.5) is 0 Å². The minimum absolute atomic E-state index is 0.0277. The summed E-state index contributed by atoms with van der Waals surface area (Å²) < 4.78 is 11.2. The molecule has 0 saturated heterocycles. The molecular weight excluding hydrogens is 346 g/mol. The number of ether oxygens (including phenoxy) is 2. The molecule has 1 heterocycles. The Morgan fingerprint density at radius 1 is 1.11 bits per heavy atom. The van der Waals surface area contributed by atoms with Crippen LogP contribution in [0.25, 0.3) is 0 Å². The first-order chi connectivity index (χ1) is 12.9. The molecule has 1 saturated carbocycles. The van der Waals surface area contributed by atoms with E-state index in [2.05, 4.69) is 24.5 Å². The van der Waals surface area contributed by atoms with E-state index in [0.717, 1.165) is 24.2 Å². The molecule has 3 rings (SSSR count). The monoisotopic (exact) mass is 375 g/mol. The van der Waals surface area contributed by atoms with E-state index < -0.39 is 0 Å². The largest absolute Gasteiger partial charge is 0.486 e. The third-order valence-electron chi connectivity index (χ3n) is 4.68. The van der Waals surface area contributed by atoms with Crippen LogP contribution < -0.4 is 20.1 Å². The molecule has 1 aromatic carbocycles. The van der Waals surface area contributed by atoms with Crippen molar-refractivity contribution < 1.29 is 19.1 Å². The van der Waals surface area contributed by atoms with E-state index in [0.29, 0.717) is 25.0 Å². The van der Waals surface area contributed by atoms with Crippen molar-refractivity contribution in [1.29, 1.82) is 0 Å². The molecule has 1 aliphatic carbocycles. The number of carbonyl (C=O) groups excluding carboxylic acids is 2. The maximum Gasteiger partial charge on any atom is 0.234 e. The van der Waals surface area contributed by atoms with Crippen molar-refractivity contribution in [3.63, 3.8) is 0 Å². The van der Waals surface area contributed by atoms with Gasteiger partial charge in [-0.3, -0.25) is 14.5 Å². The second-order valence-electron chi connectivity index (χ2n) is 7.71. The summed E-state index contributed by atoms with van der Waals surface area (Å²) >= 11 is 0. The lowest BCUT2D eigenvalue weighted by atomic mass is 9.95. The normalized spacial score (nSPS) is 16.9. The molecule has 7 heteroatoms. The Hall–Kier alpha value is -2.28. The highest BCUT2D eigenvalue weighted by Crippen LogP contribution is 2.34. The van der Waals surface area contributed by atoms with Gasteiger partial charge < -0.3 is 20.1 Å². The number of hydrogen-bond acceptors (Lipinski definition) is 5. The average Bonchev–Trinajstić information content (AvgIpc) is 3.42. The van der Waals surface area contributed by atoms with Crippen molar-refractivity contribution in [1.82, 2.24) is 15.5 Å². The Kier molecular flexibility index (Phi) is 6.21. The van der Waals surface area contributed by atoms with Crippen molar-refractivity contribution in [2.45, 2.75) is 38.8 Å². The van der Waals surface area contributed by atoms with E-state index in [9.17, 15) is 9.59 Å². The van der Waals surface area contributed by atoms with Crippen LogP contribution in [-0.4, -0.2) is 56.1 Å². The third kappa shape index (κ3) is 5.60. The van der Waals surface area contributed by atoms with Gasteiger partial charge in [0.2, 0.25) is 11.8 Å². The summed E-state index contributed by atoms with van der Waals surface area (Å²) in [7, 11) is 1.78. The number of likely N-dealkylation sites (N-methyl/N-ethyl adjacent to an activating group) is 1. The van der Waals surface area contributed by atoms with Gasteiger partial charge in [-0.15, -0.1) is 0 Å². The van der Waals surface area contributed by atoms with Gasteiger partial charge >= 0.3 is 0 Å². The van der Waals surface area contributed by atoms with Crippen molar-refractivity contribution in [2.24, 2.45) is 5.92 Å². The second kappa shape index (κ2) is 8.61. The molecule has 0 aromatic heterocycles. The van der Waals surface area contributed by atoms with Gasteiger partial charge in [-0.1, -0.05) is 19.9 Å². The quantitative estimate of drug-likeness (QED) is 0.720. The predicted molar refractivity (Wildman–Crippen MR) is 102 cm³/mol. The van der Waals surface area contributed by atoms with E-state index >= 15 is 0 Å². The molecule has 27 heavy (non-hydrogen) atoms. The fourth-order valence-electron chi connectivity index (χ4n) is 3.15. The lowest BCUT2D eigenvalue weighted by Crippen LogP contribution is -2.42. The first kappa shape index (κ1) is 19.5. The minimum atomic E-state index is -0.137. The van der Waals surface area contributed by atoms with Crippen molar-refractivity contribution in [3.05, 3.63) is 23.8 Å². The van der Waals surface area contributed by atoms with Gasteiger partial charge in [-0.05, 0) is 43.5 Å². The van der Waals surface area contributed by atoms with Crippen LogP contribution in [0.1, 0.15) is 38.3 Å². The molecule has 1 aliphatic heterocycles. The molecule has 0 unspecified atom stereocenters. The summed E-state index contributed by atoms with van der Waals surface area (Å²) in [6.45, 7) is 5.61. The number of nitrogens with one attached hydrogen (secondary N) is 2. The average molecular weight is 375 g/mol. The maximum atomic E-state index is 12.5. The highest BCUT2D eigenvalue weighted by molar-refractivity contribution is 5.81. The molecule has 2 N–H and O–H groups in total. The molecule has 2 amide bonds. The van der Waals surface area contributed by atoms with Gasteiger partial charge in [0.25, 0.3) is 0 Å². The number of carbonyl (C=O) groups is 2. The molecule has 0 spiro atoms. The number of rotatable bonds is 8. The van der Waals surface area contributed by atoms with Crippen LogP contribution in [0.15, 0.2) is 18.2 Å². The van der Waals surface area contributed by atoms with Crippen LogP contribution in [0.2, 0.25) is 0 Å². The van der Waals surface area contributed by atoms with Crippen LogP contribution >= 0.6 is 0 Å². The lowest BCUT2D eigenvalue weighted by Gasteiger charge is -2.26. The Labute approximate surface area is 160 Å². The Morgan fingerprint density at radius 2 is 1.78 bits per heavy atom. The number of fused-ring (bicyclic) bond motifs is 1. The van der Waals surface area contributed by atoms with Crippen molar-refractivity contribution in [3.8, 4) is 11.5 Å². The van der Waals surface area contributed by atoms with E-state index in [1.54, 1.807) is 11.9 Å². The molecule has 1 aromatic rings. The Morgan fingerprint density at radius 3 is 2.44 bits per heavy atom. The first-order valence-corrected chi connectivity index (χ1v) is 9.59. The molecule has 0 radical (unpaired) electrons. The Bertz CT molecular complexity index is 688. The lowest BCUT2D eigenvalue weighted by molar-refractivity contribution is -0.125.